The smallest absolute Gasteiger partial charge is 0.307 e. The number of likely N-dealkylation sites (tertiary alicyclic amines) is 1. The van der Waals surface area contributed by atoms with Crippen LogP contribution < -0.4 is 10.2 Å². The fraction of sp³-hybridized carbons (Fsp3) is 0.542. The number of piperidine rings is 1. The average Bonchev–Trinajstić information content (AvgIpc) is 2.82. The maximum absolute atomic E-state index is 11.6. The summed E-state index contributed by atoms with van der Waals surface area (Å²) in [4.78, 5) is 26.2. The van der Waals surface area contributed by atoms with Gasteiger partial charge >= 0.3 is 5.97 Å². The standard InChI is InChI=1S/C23H31N5O3S.CH4/c1-3-31-21(29)8-13-27-11-6-18(7-12-27)26-15-17-4-5-20-19(14-17)28(16-30-2)22-23(32-20)25-10-9-24-22;/h4-5,9-10,14,18,26H,3,6-8,11-13,15-16H2,1-2H3;1H4. The van der Waals surface area contributed by atoms with E-state index in [9.17, 15) is 4.79 Å². The normalized spacial score (nSPS) is 16.0. The molecule has 2 aromatic rings. The summed E-state index contributed by atoms with van der Waals surface area (Å²) in [7, 11) is 1.70. The lowest BCUT2D eigenvalue weighted by Crippen LogP contribution is -2.42. The molecule has 0 bridgehead atoms. The van der Waals surface area contributed by atoms with Gasteiger partial charge in [0.2, 0.25) is 0 Å². The van der Waals surface area contributed by atoms with Crippen molar-refractivity contribution in [1.82, 2.24) is 20.2 Å². The SMILES string of the molecule is C.CCOC(=O)CCN1CCC(NCc2ccc3c(c2)N(COC)c2nccnc2S3)CC1. The van der Waals surface area contributed by atoms with Crippen LogP contribution in [0.2, 0.25) is 0 Å². The van der Waals surface area contributed by atoms with Crippen molar-refractivity contribution in [3.63, 3.8) is 0 Å². The molecular weight excluding hydrogens is 438 g/mol. The van der Waals surface area contributed by atoms with Gasteiger partial charge in [0.25, 0.3) is 0 Å². The molecule has 0 radical (unpaired) electrons. The number of aromatic nitrogens is 2. The van der Waals surface area contributed by atoms with E-state index < -0.39 is 0 Å². The third-order valence-corrected chi connectivity index (χ3v) is 6.85. The van der Waals surface area contributed by atoms with Crippen LogP contribution in [-0.4, -0.2) is 67.0 Å². The number of benzene rings is 1. The van der Waals surface area contributed by atoms with Crippen LogP contribution >= 0.6 is 11.8 Å². The van der Waals surface area contributed by atoms with E-state index in [1.54, 1.807) is 31.3 Å². The second kappa shape index (κ2) is 12.3. The molecule has 33 heavy (non-hydrogen) atoms. The molecule has 2 aliphatic heterocycles. The van der Waals surface area contributed by atoms with Gasteiger partial charge in [-0.2, -0.15) is 0 Å². The number of anilines is 2. The van der Waals surface area contributed by atoms with Crippen molar-refractivity contribution in [3.05, 3.63) is 36.2 Å². The van der Waals surface area contributed by atoms with Crippen molar-refractivity contribution >= 4 is 29.2 Å². The highest BCUT2D eigenvalue weighted by atomic mass is 32.2. The first kappa shape index (κ1) is 25.4. The van der Waals surface area contributed by atoms with Gasteiger partial charge in [-0.3, -0.25) is 9.69 Å². The number of methoxy groups -OCH3 is 1. The fourth-order valence-electron chi connectivity index (χ4n) is 4.13. The summed E-state index contributed by atoms with van der Waals surface area (Å²) >= 11 is 1.65. The van der Waals surface area contributed by atoms with E-state index in [4.69, 9.17) is 9.47 Å². The molecule has 4 rings (SSSR count). The number of rotatable bonds is 9. The Morgan fingerprint density at radius 1 is 1.24 bits per heavy atom. The third kappa shape index (κ3) is 6.44. The van der Waals surface area contributed by atoms with E-state index >= 15 is 0 Å². The van der Waals surface area contributed by atoms with E-state index in [1.165, 1.54) is 5.56 Å². The molecule has 0 unspecified atom stereocenters. The van der Waals surface area contributed by atoms with Crippen molar-refractivity contribution in [2.75, 3.05) is 45.0 Å². The predicted octanol–water partition coefficient (Wildman–Crippen LogP) is 3.83. The predicted molar refractivity (Wildman–Crippen MR) is 131 cm³/mol. The topological polar surface area (TPSA) is 79.8 Å². The number of ether oxygens (including phenoxy) is 2. The molecule has 0 saturated carbocycles. The van der Waals surface area contributed by atoms with Gasteiger partial charge in [0.15, 0.2) is 5.82 Å². The minimum absolute atomic E-state index is 0. The number of nitrogens with zero attached hydrogens (tertiary/aromatic N) is 4. The van der Waals surface area contributed by atoms with Crippen LogP contribution in [0.5, 0.6) is 0 Å². The zero-order valence-electron chi connectivity index (χ0n) is 18.7. The van der Waals surface area contributed by atoms with Crippen molar-refractivity contribution in [2.24, 2.45) is 0 Å². The summed E-state index contributed by atoms with van der Waals surface area (Å²) in [6, 6.07) is 7.05. The highest BCUT2D eigenvalue weighted by Gasteiger charge is 2.26. The van der Waals surface area contributed by atoms with Gasteiger partial charge in [-0.15, -0.1) is 0 Å². The summed E-state index contributed by atoms with van der Waals surface area (Å²) in [6.45, 7) is 6.35. The van der Waals surface area contributed by atoms with Crippen LogP contribution in [0.15, 0.2) is 40.5 Å². The molecule has 1 aromatic carbocycles. The molecule has 3 heterocycles. The number of hydrogen-bond donors (Lipinski definition) is 1. The first-order valence-corrected chi connectivity index (χ1v) is 12.0. The number of hydrogen-bond acceptors (Lipinski definition) is 9. The molecule has 1 aromatic heterocycles. The Balaban J connectivity index is 0.00000306. The lowest BCUT2D eigenvalue weighted by atomic mass is 10.0. The quantitative estimate of drug-likeness (QED) is 0.547. The lowest BCUT2D eigenvalue weighted by Gasteiger charge is -2.32. The molecular formula is C24H35N5O3S. The molecule has 0 amide bonds. The van der Waals surface area contributed by atoms with Gasteiger partial charge in [0.1, 0.15) is 11.8 Å². The first-order valence-electron chi connectivity index (χ1n) is 11.2. The molecule has 0 atom stereocenters. The van der Waals surface area contributed by atoms with Crippen LogP contribution in [0.4, 0.5) is 11.5 Å². The highest BCUT2D eigenvalue weighted by Crippen LogP contribution is 2.46. The largest absolute Gasteiger partial charge is 0.466 e. The minimum atomic E-state index is -0.102. The Morgan fingerprint density at radius 3 is 2.79 bits per heavy atom. The maximum Gasteiger partial charge on any atom is 0.307 e. The van der Waals surface area contributed by atoms with E-state index in [0.29, 0.717) is 25.8 Å². The van der Waals surface area contributed by atoms with Gasteiger partial charge in [-0.25, -0.2) is 9.97 Å². The monoisotopic (exact) mass is 473 g/mol. The van der Waals surface area contributed by atoms with Crippen LogP contribution in [0.25, 0.3) is 0 Å². The van der Waals surface area contributed by atoms with Crippen molar-refractivity contribution in [2.45, 2.75) is 56.1 Å². The average molecular weight is 474 g/mol. The highest BCUT2D eigenvalue weighted by molar-refractivity contribution is 7.99. The number of carbonyl (C=O) groups is 1. The van der Waals surface area contributed by atoms with Gasteiger partial charge in [-0.1, -0.05) is 25.3 Å². The Hall–Kier alpha value is -2.20. The Labute approximate surface area is 201 Å². The van der Waals surface area contributed by atoms with Gasteiger partial charge in [0, 0.05) is 43.5 Å². The van der Waals surface area contributed by atoms with Gasteiger partial charge in [0.05, 0.1) is 18.7 Å². The van der Waals surface area contributed by atoms with Gasteiger partial charge in [-0.05, 0) is 50.6 Å². The third-order valence-electron chi connectivity index (χ3n) is 5.80. The molecule has 1 N–H and O–H groups in total. The summed E-state index contributed by atoms with van der Waals surface area (Å²) in [5.74, 6) is 0.738. The van der Waals surface area contributed by atoms with Crippen molar-refractivity contribution < 1.29 is 14.3 Å². The van der Waals surface area contributed by atoms with E-state index in [0.717, 1.165) is 60.4 Å². The molecule has 180 valence electrons. The molecule has 8 nitrogen and oxygen atoms in total. The summed E-state index contributed by atoms with van der Waals surface area (Å²) in [5, 5.41) is 4.61. The zero-order valence-corrected chi connectivity index (χ0v) is 19.6. The molecule has 9 heteroatoms. The van der Waals surface area contributed by atoms with Crippen LogP contribution in [0, 0.1) is 0 Å². The molecule has 1 fully saturated rings. The Bertz CT molecular complexity index is 921. The number of carbonyl (C=O) groups excluding carboxylic acids is 1. The first-order chi connectivity index (χ1) is 15.7. The molecule has 0 spiro atoms. The lowest BCUT2D eigenvalue weighted by molar-refractivity contribution is -0.143. The van der Waals surface area contributed by atoms with Crippen LogP contribution in [-0.2, 0) is 20.8 Å². The van der Waals surface area contributed by atoms with E-state index in [2.05, 4.69) is 43.3 Å². The van der Waals surface area contributed by atoms with Crippen molar-refractivity contribution in [1.29, 1.82) is 0 Å². The second-order valence-electron chi connectivity index (χ2n) is 7.99. The number of nitrogens with one attached hydrogen (secondary N) is 1. The minimum Gasteiger partial charge on any atom is -0.466 e. The van der Waals surface area contributed by atoms with Crippen molar-refractivity contribution in [3.8, 4) is 0 Å². The van der Waals surface area contributed by atoms with E-state index in [-0.39, 0.29) is 13.4 Å². The zero-order chi connectivity index (χ0) is 22.3. The van der Waals surface area contributed by atoms with Crippen LogP contribution in [0.1, 0.15) is 39.2 Å². The molecule has 1 saturated heterocycles. The summed E-state index contributed by atoms with van der Waals surface area (Å²) < 4.78 is 10.5. The Morgan fingerprint density at radius 2 is 2.03 bits per heavy atom. The van der Waals surface area contributed by atoms with Gasteiger partial charge < -0.3 is 19.7 Å². The Kier molecular flexibility index (Phi) is 9.49. The summed E-state index contributed by atoms with van der Waals surface area (Å²) in [6.07, 6.45) is 6.09. The number of fused-ring (bicyclic) bond motifs is 2. The number of esters is 1. The molecule has 0 aliphatic carbocycles. The maximum atomic E-state index is 11.6. The van der Waals surface area contributed by atoms with Crippen LogP contribution in [0.3, 0.4) is 0 Å². The second-order valence-corrected chi connectivity index (χ2v) is 9.02. The van der Waals surface area contributed by atoms with E-state index in [1.807, 2.05) is 6.92 Å². The summed E-state index contributed by atoms with van der Waals surface area (Å²) in [5.41, 5.74) is 2.35. The fourth-order valence-corrected chi connectivity index (χ4v) is 5.11. The molecule has 2 aliphatic rings.